The molecule has 7 nitrogen and oxygen atoms in total. The molecule has 2 N–H and O–H groups in total. The third-order valence-corrected chi connectivity index (χ3v) is 2.12. The van der Waals surface area contributed by atoms with Crippen LogP contribution in [0.25, 0.3) is 0 Å². The van der Waals surface area contributed by atoms with Gasteiger partial charge in [-0.2, -0.15) is 0 Å². The van der Waals surface area contributed by atoms with Gasteiger partial charge in [0.2, 0.25) is 11.8 Å². The van der Waals surface area contributed by atoms with Crippen molar-refractivity contribution in [1.29, 1.82) is 0 Å². The van der Waals surface area contributed by atoms with Crippen molar-refractivity contribution in [1.82, 2.24) is 4.98 Å². The van der Waals surface area contributed by atoms with E-state index in [1.165, 1.54) is 6.20 Å². The van der Waals surface area contributed by atoms with Crippen LogP contribution in [0.4, 0.5) is 5.69 Å². The minimum atomic E-state index is -1.00. The molecule has 1 aromatic rings. The lowest BCUT2D eigenvalue weighted by Crippen LogP contribution is -2.13. The molecule has 1 heterocycles. The van der Waals surface area contributed by atoms with E-state index in [4.69, 9.17) is 14.6 Å². The average molecular weight is 268 g/mol. The van der Waals surface area contributed by atoms with Crippen LogP contribution < -0.4 is 10.1 Å². The summed E-state index contributed by atoms with van der Waals surface area (Å²) >= 11 is 0. The Labute approximate surface area is 110 Å². The third kappa shape index (κ3) is 6.37. The Bertz CT molecular complexity index is 419. The second-order valence-corrected chi connectivity index (χ2v) is 3.67. The summed E-state index contributed by atoms with van der Waals surface area (Å²) in [4.78, 5) is 25.7. The van der Waals surface area contributed by atoms with Crippen LogP contribution in [0.2, 0.25) is 0 Å². The molecule has 0 aliphatic carbocycles. The number of carbonyl (C=O) groups excluding carboxylic acids is 1. The van der Waals surface area contributed by atoms with Gasteiger partial charge in [-0.1, -0.05) is 0 Å². The minimum Gasteiger partial charge on any atom is -0.481 e. The molecule has 0 aliphatic heterocycles. The van der Waals surface area contributed by atoms with E-state index >= 15 is 0 Å². The van der Waals surface area contributed by atoms with E-state index in [1.807, 2.05) is 0 Å². The number of carboxylic acids is 1. The second-order valence-electron chi connectivity index (χ2n) is 3.67. The van der Waals surface area contributed by atoms with Crippen molar-refractivity contribution >= 4 is 17.6 Å². The molecule has 1 amide bonds. The highest BCUT2D eigenvalue weighted by atomic mass is 16.5. The summed E-state index contributed by atoms with van der Waals surface area (Å²) in [6.07, 6.45) is 1.18. The molecule has 0 aliphatic rings. The highest BCUT2D eigenvalue weighted by Crippen LogP contribution is 2.12. The van der Waals surface area contributed by atoms with Crippen LogP contribution in [0.15, 0.2) is 18.3 Å². The minimum absolute atomic E-state index is 0.0680. The first-order valence-electron chi connectivity index (χ1n) is 5.71. The molecule has 0 saturated heterocycles. The summed E-state index contributed by atoms with van der Waals surface area (Å²) in [5, 5.41) is 11.0. The van der Waals surface area contributed by atoms with Crippen LogP contribution in [-0.4, -0.2) is 42.3 Å². The zero-order valence-electron chi connectivity index (χ0n) is 10.6. The maximum Gasteiger partial charge on any atom is 0.303 e. The quantitative estimate of drug-likeness (QED) is 0.680. The molecule has 0 bridgehead atoms. The van der Waals surface area contributed by atoms with E-state index in [-0.39, 0.29) is 18.7 Å². The van der Waals surface area contributed by atoms with Crippen LogP contribution in [-0.2, 0) is 14.3 Å². The Morgan fingerprint density at radius 3 is 2.68 bits per heavy atom. The number of aromatic nitrogens is 1. The van der Waals surface area contributed by atoms with E-state index in [2.05, 4.69) is 10.3 Å². The van der Waals surface area contributed by atoms with Gasteiger partial charge in [-0.15, -0.1) is 0 Å². The first kappa shape index (κ1) is 14.9. The Morgan fingerprint density at radius 2 is 2.11 bits per heavy atom. The van der Waals surface area contributed by atoms with Gasteiger partial charge < -0.3 is 19.9 Å². The van der Waals surface area contributed by atoms with Crippen molar-refractivity contribution in [2.24, 2.45) is 0 Å². The number of anilines is 1. The number of aliphatic carboxylic acids is 1. The lowest BCUT2D eigenvalue weighted by Gasteiger charge is -2.06. The number of hydrogen-bond donors (Lipinski definition) is 2. The zero-order valence-corrected chi connectivity index (χ0v) is 10.6. The number of rotatable bonds is 8. The van der Waals surface area contributed by atoms with Gasteiger partial charge in [0, 0.05) is 19.6 Å². The fourth-order valence-electron chi connectivity index (χ4n) is 1.21. The predicted molar refractivity (Wildman–Crippen MR) is 67.1 cm³/mol. The van der Waals surface area contributed by atoms with Gasteiger partial charge in [-0.3, -0.25) is 9.59 Å². The molecule has 7 heteroatoms. The molecule has 1 rings (SSSR count). The summed E-state index contributed by atoms with van der Waals surface area (Å²) < 4.78 is 10.1. The highest BCUT2D eigenvalue weighted by molar-refractivity contribution is 5.92. The van der Waals surface area contributed by atoms with Crippen molar-refractivity contribution in [3.05, 3.63) is 18.3 Å². The van der Waals surface area contributed by atoms with Crippen molar-refractivity contribution in [3.63, 3.8) is 0 Å². The number of methoxy groups -OCH3 is 1. The topological polar surface area (TPSA) is 97.8 Å². The average Bonchev–Trinajstić information content (AvgIpc) is 2.39. The smallest absolute Gasteiger partial charge is 0.303 e. The Balaban J connectivity index is 2.39. The van der Waals surface area contributed by atoms with Crippen molar-refractivity contribution in [2.45, 2.75) is 12.8 Å². The largest absolute Gasteiger partial charge is 0.481 e. The summed E-state index contributed by atoms with van der Waals surface area (Å²) in [6.45, 7) is 0.864. The van der Waals surface area contributed by atoms with E-state index in [1.54, 1.807) is 19.2 Å². The number of ether oxygens (including phenoxy) is 2. The number of nitrogens with zero attached hydrogens (tertiary/aromatic N) is 1. The van der Waals surface area contributed by atoms with Gasteiger partial charge in [0.1, 0.15) is 6.61 Å². The van der Waals surface area contributed by atoms with Gasteiger partial charge in [0.15, 0.2) is 0 Å². The van der Waals surface area contributed by atoms with E-state index in [0.29, 0.717) is 24.8 Å². The SMILES string of the molecule is COCCOc1ccc(NC(=O)CCC(=O)O)cn1. The fraction of sp³-hybridized carbons (Fsp3) is 0.417. The molecule has 1 aromatic heterocycles. The van der Waals surface area contributed by atoms with Gasteiger partial charge in [-0.05, 0) is 6.07 Å². The number of amides is 1. The van der Waals surface area contributed by atoms with Crippen molar-refractivity contribution in [3.8, 4) is 5.88 Å². The van der Waals surface area contributed by atoms with Crippen LogP contribution in [0.3, 0.4) is 0 Å². The normalized spacial score (nSPS) is 9.95. The molecule has 0 aromatic carbocycles. The summed E-state index contributed by atoms with van der Waals surface area (Å²) in [5.74, 6) is -0.937. The van der Waals surface area contributed by atoms with Gasteiger partial charge in [0.05, 0.1) is 24.9 Å². The molecular weight excluding hydrogens is 252 g/mol. The van der Waals surface area contributed by atoms with Crippen LogP contribution in [0.1, 0.15) is 12.8 Å². The molecule has 0 spiro atoms. The van der Waals surface area contributed by atoms with Crippen LogP contribution in [0, 0.1) is 0 Å². The fourth-order valence-corrected chi connectivity index (χ4v) is 1.21. The van der Waals surface area contributed by atoms with Crippen LogP contribution >= 0.6 is 0 Å². The zero-order chi connectivity index (χ0) is 14.1. The third-order valence-electron chi connectivity index (χ3n) is 2.12. The number of hydrogen-bond acceptors (Lipinski definition) is 5. The van der Waals surface area contributed by atoms with Crippen molar-refractivity contribution in [2.75, 3.05) is 25.6 Å². The molecule has 0 radical (unpaired) electrons. The monoisotopic (exact) mass is 268 g/mol. The maximum atomic E-state index is 11.4. The van der Waals surface area contributed by atoms with E-state index < -0.39 is 5.97 Å². The first-order chi connectivity index (χ1) is 9.11. The molecule has 104 valence electrons. The Morgan fingerprint density at radius 1 is 1.32 bits per heavy atom. The predicted octanol–water partition coefficient (Wildman–Crippen LogP) is 0.910. The summed E-state index contributed by atoms with van der Waals surface area (Å²) in [6, 6.07) is 3.25. The number of carbonyl (C=O) groups is 2. The highest BCUT2D eigenvalue weighted by Gasteiger charge is 2.06. The van der Waals surface area contributed by atoms with Crippen LogP contribution in [0.5, 0.6) is 5.88 Å². The van der Waals surface area contributed by atoms with Crippen molar-refractivity contribution < 1.29 is 24.2 Å². The molecule has 0 fully saturated rings. The lowest BCUT2D eigenvalue weighted by atomic mass is 10.3. The number of nitrogens with one attached hydrogen (secondary N) is 1. The molecule has 0 unspecified atom stereocenters. The molecular formula is C12H16N2O5. The van der Waals surface area contributed by atoms with Gasteiger partial charge in [-0.25, -0.2) is 4.98 Å². The van der Waals surface area contributed by atoms with Gasteiger partial charge >= 0.3 is 5.97 Å². The summed E-state index contributed by atoms with van der Waals surface area (Å²) in [7, 11) is 1.58. The lowest BCUT2D eigenvalue weighted by molar-refractivity contribution is -0.138. The molecule has 0 atom stereocenters. The number of pyridine rings is 1. The molecule has 0 saturated carbocycles. The summed E-state index contributed by atoms with van der Waals surface area (Å²) in [5.41, 5.74) is 0.495. The maximum absolute atomic E-state index is 11.4. The molecule has 19 heavy (non-hydrogen) atoms. The Hall–Kier alpha value is -2.15. The van der Waals surface area contributed by atoms with E-state index in [0.717, 1.165) is 0 Å². The number of carboxylic acid groups (broad SMARTS) is 1. The second kappa shape index (κ2) is 8.04. The van der Waals surface area contributed by atoms with Gasteiger partial charge in [0.25, 0.3) is 0 Å². The Kier molecular flexibility index (Phi) is 6.31. The standard InChI is InChI=1S/C12H16N2O5/c1-18-6-7-19-11-4-2-9(8-13-11)14-10(15)3-5-12(16)17/h2,4,8H,3,5-7H2,1H3,(H,14,15)(H,16,17). The first-order valence-corrected chi connectivity index (χ1v) is 5.71. The van der Waals surface area contributed by atoms with E-state index in [9.17, 15) is 9.59 Å².